The quantitative estimate of drug-likeness (QED) is 0.436. The second kappa shape index (κ2) is 6.67. The summed E-state index contributed by atoms with van der Waals surface area (Å²) in [5.74, 6) is 2.65. The number of rotatable bonds is 5. The van der Waals surface area contributed by atoms with E-state index in [1.165, 1.54) is 32.1 Å². The highest BCUT2D eigenvalue weighted by Crippen LogP contribution is 2.27. The summed E-state index contributed by atoms with van der Waals surface area (Å²) in [4.78, 5) is 4.70. The lowest BCUT2D eigenvalue weighted by molar-refractivity contribution is 0.490. The van der Waals surface area contributed by atoms with Crippen molar-refractivity contribution in [3.8, 4) is 0 Å². The van der Waals surface area contributed by atoms with E-state index in [2.05, 4.69) is 29.7 Å². The van der Waals surface area contributed by atoms with Crippen LogP contribution in [0.15, 0.2) is 17.1 Å². The Labute approximate surface area is 105 Å². The zero-order chi connectivity index (χ0) is 11.9. The lowest BCUT2D eigenvalue weighted by Crippen LogP contribution is -2.38. The number of aliphatic imine (C=N–C) groups is 1. The normalized spacial score (nSPS) is 24.8. The van der Waals surface area contributed by atoms with Gasteiger partial charge in [-0.2, -0.15) is 0 Å². The monoisotopic (exact) mass is 235 g/mol. The van der Waals surface area contributed by atoms with Crippen LogP contribution in [0.4, 0.5) is 0 Å². The second-order valence-electron chi connectivity index (χ2n) is 5.19. The van der Waals surface area contributed by atoms with E-state index in [4.69, 9.17) is 4.99 Å². The van der Waals surface area contributed by atoms with Crippen LogP contribution in [0.3, 0.4) is 0 Å². The average molecular weight is 235 g/mol. The van der Waals surface area contributed by atoms with Gasteiger partial charge < -0.3 is 10.6 Å². The van der Waals surface area contributed by atoms with Crippen LogP contribution in [0.25, 0.3) is 0 Å². The highest BCUT2D eigenvalue weighted by atomic mass is 15.2. The van der Waals surface area contributed by atoms with Crippen LogP contribution in [0, 0.1) is 11.8 Å². The maximum atomic E-state index is 4.70. The first kappa shape index (κ1) is 12.5. The molecule has 3 nitrogen and oxygen atoms in total. The summed E-state index contributed by atoms with van der Waals surface area (Å²) in [6.07, 6.45) is 11.1. The third kappa shape index (κ3) is 4.80. The van der Waals surface area contributed by atoms with Gasteiger partial charge >= 0.3 is 0 Å². The molecule has 96 valence electrons. The second-order valence-corrected chi connectivity index (χ2v) is 5.19. The van der Waals surface area contributed by atoms with Gasteiger partial charge in [0.15, 0.2) is 5.96 Å². The molecule has 0 spiro atoms. The molecule has 2 aliphatic carbocycles. The van der Waals surface area contributed by atoms with E-state index >= 15 is 0 Å². The topological polar surface area (TPSA) is 36.4 Å². The molecule has 0 aliphatic heterocycles. The van der Waals surface area contributed by atoms with Gasteiger partial charge in [-0.25, -0.2) is 0 Å². The van der Waals surface area contributed by atoms with Crippen LogP contribution in [-0.4, -0.2) is 25.6 Å². The van der Waals surface area contributed by atoms with Gasteiger partial charge in [0.05, 0.1) is 0 Å². The molecule has 0 aromatic heterocycles. The van der Waals surface area contributed by atoms with Crippen molar-refractivity contribution in [2.45, 2.75) is 39.0 Å². The SMILES string of the molecule is CCNC(=NCC1CC=CCC1)NCC1CC1. The predicted molar refractivity (Wildman–Crippen MR) is 73.2 cm³/mol. The van der Waals surface area contributed by atoms with Gasteiger partial charge in [-0.15, -0.1) is 0 Å². The van der Waals surface area contributed by atoms with Gasteiger partial charge in [-0.3, -0.25) is 4.99 Å². The minimum atomic E-state index is 0.747. The Hall–Kier alpha value is -0.990. The molecular weight excluding hydrogens is 210 g/mol. The molecule has 2 rings (SSSR count). The number of hydrogen-bond acceptors (Lipinski definition) is 1. The Morgan fingerprint density at radius 1 is 1.18 bits per heavy atom. The van der Waals surface area contributed by atoms with E-state index in [0.29, 0.717) is 0 Å². The highest BCUT2D eigenvalue weighted by molar-refractivity contribution is 5.79. The molecule has 1 saturated carbocycles. The maximum absolute atomic E-state index is 4.70. The van der Waals surface area contributed by atoms with Crippen molar-refractivity contribution < 1.29 is 0 Å². The predicted octanol–water partition coefficient (Wildman–Crippen LogP) is 2.31. The van der Waals surface area contributed by atoms with E-state index in [1.54, 1.807) is 0 Å². The van der Waals surface area contributed by atoms with Gasteiger partial charge in [0.1, 0.15) is 0 Å². The molecule has 0 saturated heterocycles. The van der Waals surface area contributed by atoms with Crippen LogP contribution in [0.5, 0.6) is 0 Å². The largest absolute Gasteiger partial charge is 0.357 e. The Bertz CT molecular complexity index is 279. The first-order chi connectivity index (χ1) is 8.38. The van der Waals surface area contributed by atoms with Crippen LogP contribution in [-0.2, 0) is 0 Å². The average Bonchev–Trinajstić information content (AvgIpc) is 3.18. The van der Waals surface area contributed by atoms with E-state index in [-0.39, 0.29) is 0 Å². The molecule has 2 N–H and O–H groups in total. The van der Waals surface area contributed by atoms with Gasteiger partial charge in [0, 0.05) is 19.6 Å². The fourth-order valence-corrected chi connectivity index (χ4v) is 2.15. The minimum Gasteiger partial charge on any atom is -0.357 e. The van der Waals surface area contributed by atoms with Gasteiger partial charge in [-0.05, 0) is 50.9 Å². The molecule has 3 heteroatoms. The van der Waals surface area contributed by atoms with Gasteiger partial charge in [0.25, 0.3) is 0 Å². The maximum Gasteiger partial charge on any atom is 0.191 e. The first-order valence-electron chi connectivity index (χ1n) is 7.05. The number of nitrogens with one attached hydrogen (secondary N) is 2. The molecule has 1 unspecified atom stereocenters. The van der Waals surface area contributed by atoms with Crippen molar-refractivity contribution in [3.63, 3.8) is 0 Å². The molecule has 0 radical (unpaired) electrons. The molecule has 0 aromatic rings. The lowest BCUT2D eigenvalue weighted by Gasteiger charge is -2.17. The van der Waals surface area contributed by atoms with Crippen molar-refractivity contribution in [1.29, 1.82) is 0 Å². The van der Waals surface area contributed by atoms with Gasteiger partial charge in [-0.1, -0.05) is 12.2 Å². The van der Waals surface area contributed by atoms with Crippen molar-refractivity contribution in [3.05, 3.63) is 12.2 Å². The van der Waals surface area contributed by atoms with E-state index in [1.807, 2.05) is 0 Å². The number of allylic oxidation sites excluding steroid dienone is 2. The molecule has 0 heterocycles. The summed E-state index contributed by atoms with van der Waals surface area (Å²) in [6, 6.07) is 0. The highest BCUT2D eigenvalue weighted by Gasteiger charge is 2.21. The molecule has 1 atom stereocenters. The molecule has 1 fully saturated rings. The molecular formula is C14H25N3. The summed E-state index contributed by atoms with van der Waals surface area (Å²) in [5.41, 5.74) is 0. The third-order valence-corrected chi connectivity index (χ3v) is 3.48. The molecule has 17 heavy (non-hydrogen) atoms. The molecule has 0 aromatic carbocycles. The van der Waals surface area contributed by atoms with E-state index < -0.39 is 0 Å². The van der Waals surface area contributed by atoms with Crippen LogP contribution >= 0.6 is 0 Å². The lowest BCUT2D eigenvalue weighted by atomic mass is 9.95. The number of guanidine groups is 1. The van der Waals surface area contributed by atoms with E-state index in [0.717, 1.165) is 37.4 Å². The first-order valence-corrected chi connectivity index (χ1v) is 7.05. The number of hydrogen-bond donors (Lipinski definition) is 2. The Morgan fingerprint density at radius 3 is 2.71 bits per heavy atom. The van der Waals surface area contributed by atoms with Gasteiger partial charge in [0.2, 0.25) is 0 Å². The molecule has 0 amide bonds. The zero-order valence-corrected chi connectivity index (χ0v) is 10.9. The summed E-state index contributed by atoms with van der Waals surface area (Å²) >= 11 is 0. The Balaban J connectivity index is 1.73. The molecule has 0 bridgehead atoms. The number of nitrogens with zero attached hydrogens (tertiary/aromatic N) is 1. The fourth-order valence-electron chi connectivity index (χ4n) is 2.15. The standard InChI is InChI=1S/C14H25N3/c1-2-15-14(17-11-13-8-9-13)16-10-12-6-4-3-5-7-12/h3-4,12-13H,2,5-11H2,1H3,(H2,15,16,17). The smallest absolute Gasteiger partial charge is 0.191 e. The summed E-state index contributed by atoms with van der Waals surface area (Å²) in [6.45, 7) is 5.12. The Morgan fingerprint density at radius 2 is 2.06 bits per heavy atom. The van der Waals surface area contributed by atoms with Crippen LogP contribution in [0.2, 0.25) is 0 Å². The summed E-state index contributed by atoms with van der Waals surface area (Å²) in [5, 5.41) is 6.77. The summed E-state index contributed by atoms with van der Waals surface area (Å²) in [7, 11) is 0. The van der Waals surface area contributed by atoms with Crippen LogP contribution < -0.4 is 10.6 Å². The van der Waals surface area contributed by atoms with Crippen molar-refractivity contribution in [1.82, 2.24) is 10.6 Å². The third-order valence-electron chi connectivity index (χ3n) is 3.48. The summed E-state index contributed by atoms with van der Waals surface area (Å²) < 4.78 is 0. The van der Waals surface area contributed by atoms with Crippen molar-refractivity contribution >= 4 is 5.96 Å². The van der Waals surface area contributed by atoms with E-state index in [9.17, 15) is 0 Å². The minimum absolute atomic E-state index is 0.747. The Kier molecular flexibility index (Phi) is 4.89. The molecule has 2 aliphatic rings. The van der Waals surface area contributed by atoms with Crippen molar-refractivity contribution in [2.24, 2.45) is 16.8 Å². The zero-order valence-electron chi connectivity index (χ0n) is 10.9. The van der Waals surface area contributed by atoms with Crippen molar-refractivity contribution in [2.75, 3.05) is 19.6 Å². The van der Waals surface area contributed by atoms with Crippen LogP contribution in [0.1, 0.15) is 39.0 Å². The fraction of sp³-hybridized carbons (Fsp3) is 0.786.